The summed E-state index contributed by atoms with van der Waals surface area (Å²) in [5, 5.41) is 3.82. The molecule has 3 rings (SSSR count). The van der Waals surface area contributed by atoms with Crippen molar-refractivity contribution in [3.63, 3.8) is 0 Å². The molecule has 24 heavy (non-hydrogen) atoms. The van der Waals surface area contributed by atoms with Gasteiger partial charge >= 0.3 is 0 Å². The molecule has 0 amide bonds. The molecular formula is C18H20Cl2FNO2. The van der Waals surface area contributed by atoms with Crippen molar-refractivity contribution in [1.29, 1.82) is 0 Å². The van der Waals surface area contributed by atoms with Crippen LogP contribution in [0, 0.1) is 5.82 Å². The lowest BCUT2D eigenvalue weighted by atomic mass is 10.2. The largest absolute Gasteiger partial charge is 0.493 e. The van der Waals surface area contributed by atoms with Crippen LogP contribution in [0.3, 0.4) is 0 Å². The van der Waals surface area contributed by atoms with Crippen LogP contribution >= 0.6 is 24.0 Å². The van der Waals surface area contributed by atoms with Crippen molar-refractivity contribution in [2.24, 2.45) is 0 Å². The number of ether oxygens (including phenoxy) is 2. The van der Waals surface area contributed by atoms with Gasteiger partial charge < -0.3 is 14.8 Å². The molecule has 0 heterocycles. The van der Waals surface area contributed by atoms with E-state index >= 15 is 0 Å². The van der Waals surface area contributed by atoms with Crippen LogP contribution in [0.25, 0.3) is 0 Å². The molecule has 2 aromatic carbocycles. The second-order valence-electron chi connectivity index (χ2n) is 5.66. The second kappa shape index (κ2) is 8.56. The van der Waals surface area contributed by atoms with Crippen molar-refractivity contribution in [2.45, 2.75) is 32.0 Å². The molecule has 0 spiro atoms. The maximum absolute atomic E-state index is 13.1. The van der Waals surface area contributed by atoms with Crippen LogP contribution in [0.2, 0.25) is 5.02 Å². The van der Waals surface area contributed by atoms with Crippen molar-refractivity contribution >= 4 is 24.0 Å². The minimum Gasteiger partial charge on any atom is -0.493 e. The highest BCUT2D eigenvalue weighted by Crippen LogP contribution is 2.30. The van der Waals surface area contributed by atoms with E-state index in [0.717, 1.165) is 17.7 Å². The Kier molecular flexibility index (Phi) is 6.72. The third kappa shape index (κ3) is 5.00. The van der Waals surface area contributed by atoms with E-state index in [1.807, 2.05) is 18.2 Å². The molecule has 0 atom stereocenters. The minimum atomic E-state index is -0.358. The van der Waals surface area contributed by atoms with Crippen molar-refractivity contribution in [2.75, 3.05) is 7.11 Å². The zero-order chi connectivity index (χ0) is 16.2. The molecule has 1 saturated carbocycles. The summed E-state index contributed by atoms with van der Waals surface area (Å²) in [4.78, 5) is 0. The number of benzene rings is 2. The fraction of sp³-hybridized carbons (Fsp3) is 0.333. The van der Waals surface area contributed by atoms with Crippen molar-refractivity contribution < 1.29 is 13.9 Å². The first-order chi connectivity index (χ1) is 11.2. The summed E-state index contributed by atoms with van der Waals surface area (Å²) in [6.45, 7) is 1.08. The van der Waals surface area contributed by atoms with E-state index in [0.29, 0.717) is 22.6 Å². The highest BCUT2D eigenvalue weighted by molar-refractivity contribution is 6.31. The maximum Gasteiger partial charge on any atom is 0.161 e. The number of nitrogens with one attached hydrogen (secondary N) is 1. The first-order valence-corrected chi connectivity index (χ1v) is 8.00. The third-order valence-corrected chi connectivity index (χ3v) is 4.15. The van der Waals surface area contributed by atoms with Crippen LogP contribution in [0.5, 0.6) is 11.5 Å². The molecule has 2 aromatic rings. The lowest BCUT2D eigenvalue weighted by Gasteiger charge is -2.13. The van der Waals surface area contributed by atoms with Crippen molar-refractivity contribution in [3.8, 4) is 11.5 Å². The highest BCUT2D eigenvalue weighted by Gasteiger charge is 2.20. The predicted molar refractivity (Wildman–Crippen MR) is 95.8 cm³/mol. The summed E-state index contributed by atoms with van der Waals surface area (Å²) < 4.78 is 24.2. The van der Waals surface area contributed by atoms with E-state index in [9.17, 15) is 4.39 Å². The summed E-state index contributed by atoms with van der Waals surface area (Å²) >= 11 is 6.01. The highest BCUT2D eigenvalue weighted by atomic mass is 35.5. The molecular weight excluding hydrogens is 352 g/mol. The first-order valence-electron chi connectivity index (χ1n) is 7.63. The van der Waals surface area contributed by atoms with E-state index in [-0.39, 0.29) is 24.8 Å². The summed E-state index contributed by atoms with van der Waals surface area (Å²) in [6, 6.07) is 10.8. The predicted octanol–water partition coefficient (Wildman–Crippen LogP) is 4.74. The lowest BCUT2D eigenvalue weighted by Crippen LogP contribution is -2.15. The fourth-order valence-electron chi connectivity index (χ4n) is 2.29. The van der Waals surface area contributed by atoms with Crippen LogP contribution in [-0.4, -0.2) is 13.2 Å². The Morgan fingerprint density at radius 2 is 1.96 bits per heavy atom. The molecule has 0 aromatic heterocycles. The van der Waals surface area contributed by atoms with Crippen LogP contribution in [-0.2, 0) is 13.2 Å². The summed E-state index contributed by atoms with van der Waals surface area (Å²) in [5.74, 6) is 0.963. The average Bonchev–Trinajstić information content (AvgIpc) is 3.37. The molecule has 3 nitrogen and oxygen atoms in total. The molecule has 0 saturated heterocycles. The Morgan fingerprint density at radius 1 is 1.17 bits per heavy atom. The molecule has 0 aliphatic heterocycles. The quantitative estimate of drug-likeness (QED) is 0.762. The zero-order valence-corrected chi connectivity index (χ0v) is 14.9. The molecule has 6 heteroatoms. The van der Waals surface area contributed by atoms with E-state index in [4.69, 9.17) is 21.1 Å². The Bertz CT molecular complexity index is 693. The number of halogens is 3. The van der Waals surface area contributed by atoms with Crippen molar-refractivity contribution in [1.82, 2.24) is 5.32 Å². The van der Waals surface area contributed by atoms with E-state index in [1.165, 1.54) is 25.0 Å². The van der Waals surface area contributed by atoms with Gasteiger partial charge in [-0.15, -0.1) is 12.4 Å². The molecule has 1 aliphatic rings. The van der Waals surface area contributed by atoms with Crippen LogP contribution in [0.1, 0.15) is 24.0 Å². The molecule has 1 aliphatic carbocycles. The Labute approximate surface area is 152 Å². The molecule has 0 radical (unpaired) electrons. The van der Waals surface area contributed by atoms with Gasteiger partial charge in [0.1, 0.15) is 12.4 Å². The Balaban J connectivity index is 0.00000208. The number of methoxy groups -OCH3 is 1. The van der Waals surface area contributed by atoms with Gasteiger partial charge in [0.05, 0.1) is 12.1 Å². The third-order valence-electron chi connectivity index (χ3n) is 3.80. The second-order valence-corrected chi connectivity index (χ2v) is 6.07. The van der Waals surface area contributed by atoms with Gasteiger partial charge in [0.25, 0.3) is 0 Å². The smallest absolute Gasteiger partial charge is 0.161 e. The molecule has 1 N–H and O–H groups in total. The number of hydrogen-bond acceptors (Lipinski definition) is 3. The topological polar surface area (TPSA) is 30.5 Å². The average molecular weight is 372 g/mol. The van der Waals surface area contributed by atoms with Gasteiger partial charge in [0, 0.05) is 18.2 Å². The Hall–Kier alpha value is -1.49. The van der Waals surface area contributed by atoms with Gasteiger partial charge in [-0.3, -0.25) is 0 Å². The van der Waals surface area contributed by atoms with Gasteiger partial charge in [0.15, 0.2) is 11.5 Å². The van der Waals surface area contributed by atoms with Gasteiger partial charge in [-0.2, -0.15) is 0 Å². The van der Waals surface area contributed by atoms with Crippen LogP contribution in [0.15, 0.2) is 36.4 Å². The van der Waals surface area contributed by atoms with E-state index < -0.39 is 0 Å². The van der Waals surface area contributed by atoms with Gasteiger partial charge in [-0.25, -0.2) is 4.39 Å². The van der Waals surface area contributed by atoms with Crippen molar-refractivity contribution in [3.05, 3.63) is 58.4 Å². The zero-order valence-electron chi connectivity index (χ0n) is 13.4. The first kappa shape index (κ1) is 18.8. The lowest BCUT2D eigenvalue weighted by molar-refractivity contribution is 0.284. The molecule has 0 unspecified atom stereocenters. The maximum atomic E-state index is 13.1. The van der Waals surface area contributed by atoms with Gasteiger partial charge in [-0.1, -0.05) is 23.7 Å². The number of rotatable bonds is 7. The summed E-state index contributed by atoms with van der Waals surface area (Å²) in [5.41, 5.74) is 1.88. The molecule has 130 valence electrons. The summed E-state index contributed by atoms with van der Waals surface area (Å²) in [7, 11) is 1.62. The van der Waals surface area contributed by atoms with Crippen LogP contribution < -0.4 is 14.8 Å². The molecule has 1 fully saturated rings. The number of hydrogen-bond donors (Lipinski definition) is 1. The van der Waals surface area contributed by atoms with Gasteiger partial charge in [-0.05, 0) is 42.7 Å². The van der Waals surface area contributed by atoms with E-state index in [2.05, 4.69) is 5.32 Å². The normalized spacial score (nSPS) is 13.3. The Morgan fingerprint density at radius 3 is 2.62 bits per heavy atom. The SMILES string of the molecule is COc1cc(CNC2CC2)ccc1OCc1ccc(F)cc1Cl.Cl. The molecule has 0 bridgehead atoms. The van der Waals surface area contributed by atoms with Crippen LogP contribution in [0.4, 0.5) is 4.39 Å². The summed E-state index contributed by atoms with van der Waals surface area (Å²) in [6.07, 6.45) is 2.52. The van der Waals surface area contributed by atoms with Gasteiger partial charge in [0.2, 0.25) is 0 Å². The fourth-order valence-corrected chi connectivity index (χ4v) is 2.51. The monoisotopic (exact) mass is 371 g/mol. The standard InChI is InChI=1S/C18H19ClFNO2.ClH/c1-22-18-8-12(10-21-15-5-6-15)2-7-17(18)23-11-13-3-4-14(20)9-16(13)19;/h2-4,7-9,15,21H,5-6,10-11H2,1H3;1H. The minimum absolute atomic E-state index is 0. The van der Waals surface area contributed by atoms with E-state index in [1.54, 1.807) is 13.2 Å².